The lowest BCUT2D eigenvalue weighted by atomic mass is 10.3. The van der Waals surface area contributed by atoms with Gasteiger partial charge >= 0.3 is 0 Å². The van der Waals surface area contributed by atoms with Crippen molar-refractivity contribution in [2.24, 2.45) is 0 Å². The van der Waals surface area contributed by atoms with Crippen LogP contribution in [0.3, 0.4) is 0 Å². The van der Waals surface area contributed by atoms with Crippen molar-refractivity contribution in [1.29, 1.82) is 0 Å². The maximum absolute atomic E-state index is 11.9. The fourth-order valence-corrected chi connectivity index (χ4v) is 1.59. The molecule has 0 aromatic heterocycles. The third-order valence-corrected chi connectivity index (χ3v) is 2.96. The van der Waals surface area contributed by atoms with Crippen molar-refractivity contribution in [3.05, 3.63) is 0 Å². The van der Waals surface area contributed by atoms with Gasteiger partial charge < -0.3 is 10.2 Å². The molecule has 0 bridgehead atoms. The zero-order valence-electron chi connectivity index (χ0n) is 10.9. The molecule has 0 unspecified atom stereocenters. The molecular formula is C11H25Cl2N3O. The van der Waals surface area contributed by atoms with Gasteiger partial charge in [0.25, 0.3) is 0 Å². The van der Waals surface area contributed by atoms with Crippen LogP contribution in [-0.4, -0.2) is 61.5 Å². The maximum atomic E-state index is 11.9. The Morgan fingerprint density at radius 3 is 2.53 bits per heavy atom. The summed E-state index contributed by atoms with van der Waals surface area (Å²) in [6.45, 7) is 8.47. The lowest BCUT2D eigenvalue weighted by molar-refractivity contribution is -0.132. The van der Waals surface area contributed by atoms with E-state index < -0.39 is 0 Å². The highest BCUT2D eigenvalue weighted by Gasteiger charge is 2.17. The van der Waals surface area contributed by atoms with Crippen LogP contribution in [0, 0.1) is 0 Å². The van der Waals surface area contributed by atoms with E-state index in [0.29, 0.717) is 12.6 Å². The number of hydrogen-bond acceptors (Lipinski definition) is 3. The molecule has 1 rings (SSSR count). The van der Waals surface area contributed by atoms with Gasteiger partial charge in [-0.3, -0.25) is 9.69 Å². The molecule has 6 heteroatoms. The highest BCUT2D eigenvalue weighted by Crippen LogP contribution is 1.99. The molecule has 0 aromatic rings. The van der Waals surface area contributed by atoms with Crippen molar-refractivity contribution in [2.75, 3.05) is 39.8 Å². The molecule has 1 aliphatic heterocycles. The Kier molecular flexibility index (Phi) is 11.3. The summed E-state index contributed by atoms with van der Waals surface area (Å²) in [5.74, 6) is 0.259. The van der Waals surface area contributed by atoms with Crippen LogP contribution in [-0.2, 0) is 4.79 Å². The van der Waals surface area contributed by atoms with E-state index in [-0.39, 0.29) is 30.7 Å². The summed E-state index contributed by atoms with van der Waals surface area (Å²) in [5.41, 5.74) is 0. The molecule has 1 aliphatic rings. The van der Waals surface area contributed by atoms with E-state index >= 15 is 0 Å². The van der Waals surface area contributed by atoms with Gasteiger partial charge in [0.15, 0.2) is 0 Å². The third-order valence-electron chi connectivity index (χ3n) is 2.96. The smallest absolute Gasteiger partial charge is 0.236 e. The summed E-state index contributed by atoms with van der Waals surface area (Å²) in [6, 6.07) is 0.430. The lowest BCUT2D eigenvalue weighted by Gasteiger charge is -2.25. The van der Waals surface area contributed by atoms with Gasteiger partial charge in [-0.05, 0) is 33.9 Å². The van der Waals surface area contributed by atoms with Gasteiger partial charge in [-0.25, -0.2) is 0 Å². The van der Waals surface area contributed by atoms with Crippen molar-refractivity contribution < 1.29 is 4.79 Å². The number of likely N-dealkylation sites (N-methyl/N-ethyl adjacent to an activating group) is 1. The fraction of sp³-hybridized carbons (Fsp3) is 0.909. The predicted octanol–water partition coefficient (Wildman–Crippen LogP) is 0.992. The van der Waals surface area contributed by atoms with Gasteiger partial charge in [0.05, 0.1) is 6.54 Å². The van der Waals surface area contributed by atoms with Crippen LogP contribution in [0.4, 0.5) is 0 Å². The first kappa shape index (κ1) is 19.3. The topological polar surface area (TPSA) is 35.6 Å². The first-order valence-electron chi connectivity index (χ1n) is 5.80. The summed E-state index contributed by atoms with van der Waals surface area (Å²) in [7, 11) is 2.00. The predicted molar refractivity (Wildman–Crippen MR) is 76.3 cm³/mol. The van der Waals surface area contributed by atoms with Crippen molar-refractivity contribution in [2.45, 2.75) is 26.3 Å². The van der Waals surface area contributed by atoms with Crippen LogP contribution >= 0.6 is 24.8 Å². The van der Waals surface area contributed by atoms with Gasteiger partial charge in [0.1, 0.15) is 0 Å². The molecule has 1 heterocycles. The zero-order chi connectivity index (χ0) is 11.3. The quantitative estimate of drug-likeness (QED) is 0.840. The number of nitrogens with zero attached hydrogens (tertiary/aromatic N) is 2. The molecule has 1 saturated heterocycles. The van der Waals surface area contributed by atoms with Crippen LogP contribution in [0.15, 0.2) is 0 Å². The number of halogens is 2. The first-order chi connectivity index (χ1) is 7.11. The van der Waals surface area contributed by atoms with Gasteiger partial charge in [0.2, 0.25) is 5.91 Å². The molecule has 104 valence electrons. The highest BCUT2D eigenvalue weighted by atomic mass is 35.5. The minimum Gasteiger partial charge on any atom is -0.340 e. The van der Waals surface area contributed by atoms with Crippen molar-refractivity contribution in [3.8, 4) is 0 Å². The number of amides is 1. The maximum Gasteiger partial charge on any atom is 0.236 e. The molecule has 1 amide bonds. The van der Waals surface area contributed by atoms with E-state index in [2.05, 4.69) is 24.1 Å². The van der Waals surface area contributed by atoms with E-state index in [1.807, 2.05) is 11.9 Å². The average molecular weight is 286 g/mol. The monoisotopic (exact) mass is 285 g/mol. The number of carbonyl (C=O) groups excluding carboxylic acids is 1. The summed E-state index contributed by atoms with van der Waals surface area (Å²) in [4.78, 5) is 16.0. The summed E-state index contributed by atoms with van der Waals surface area (Å²) in [5, 5.41) is 3.30. The molecule has 1 fully saturated rings. The molecule has 0 saturated carbocycles. The first-order valence-corrected chi connectivity index (χ1v) is 5.80. The fourth-order valence-electron chi connectivity index (χ4n) is 1.59. The second-order valence-corrected chi connectivity index (χ2v) is 4.49. The lowest BCUT2D eigenvalue weighted by Crippen LogP contribution is -2.42. The van der Waals surface area contributed by atoms with Gasteiger partial charge in [0, 0.05) is 25.7 Å². The second kappa shape index (κ2) is 9.95. The van der Waals surface area contributed by atoms with Crippen LogP contribution in [0.5, 0.6) is 0 Å². The molecule has 17 heavy (non-hydrogen) atoms. The Hall–Kier alpha value is -0.0300. The van der Waals surface area contributed by atoms with E-state index in [1.165, 1.54) is 0 Å². The number of nitrogens with one attached hydrogen (secondary N) is 1. The molecule has 0 radical (unpaired) electrons. The summed E-state index contributed by atoms with van der Waals surface area (Å²) < 4.78 is 0. The van der Waals surface area contributed by atoms with E-state index in [9.17, 15) is 4.79 Å². The number of carbonyl (C=O) groups is 1. The molecule has 4 nitrogen and oxygen atoms in total. The Balaban J connectivity index is 0. The van der Waals surface area contributed by atoms with Crippen LogP contribution in [0.1, 0.15) is 20.3 Å². The molecule has 0 aromatic carbocycles. The summed E-state index contributed by atoms with van der Waals surface area (Å²) in [6.07, 6.45) is 1.07. The molecule has 0 aliphatic carbocycles. The Bertz CT molecular complexity index is 207. The van der Waals surface area contributed by atoms with Crippen molar-refractivity contribution >= 4 is 30.7 Å². The Morgan fingerprint density at radius 1 is 1.29 bits per heavy atom. The SMILES string of the molecule is CC(C)N(C)CC(=O)N1CCCNCC1.Cl.Cl. The molecule has 0 spiro atoms. The Morgan fingerprint density at radius 2 is 1.94 bits per heavy atom. The Labute approximate surface area is 117 Å². The van der Waals surface area contributed by atoms with Crippen LogP contribution in [0.2, 0.25) is 0 Å². The van der Waals surface area contributed by atoms with Gasteiger partial charge in [-0.15, -0.1) is 24.8 Å². The largest absolute Gasteiger partial charge is 0.340 e. The van der Waals surface area contributed by atoms with E-state index in [0.717, 1.165) is 32.6 Å². The minimum absolute atomic E-state index is 0. The zero-order valence-corrected chi connectivity index (χ0v) is 12.6. The second-order valence-electron chi connectivity index (χ2n) is 4.49. The van der Waals surface area contributed by atoms with Gasteiger partial charge in [-0.2, -0.15) is 0 Å². The highest BCUT2D eigenvalue weighted by molar-refractivity contribution is 5.85. The van der Waals surface area contributed by atoms with Crippen LogP contribution < -0.4 is 5.32 Å². The third kappa shape index (κ3) is 7.09. The van der Waals surface area contributed by atoms with Crippen LogP contribution in [0.25, 0.3) is 0 Å². The van der Waals surface area contributed by atoms with Gasteiger partial charge in [-0.1, -0.05) is 0 Å². The van der Waals surface area contributed by atoms with E-state index in [4.69, 9.17) is 0 Å². The molecule has 1 N–H and O–H groups in total. The van der Waals surface area contributed by atoms with E-state index in [1.54, 1.807) is 0 Å². The summed E-state index contributed by atoms with van der Waals surface area (Å²) >= 11 is 0. The van der Waals surface area contributed by atoms with Crippen molar-refractivity contribution in [3.63, 3.8) is 0 Å². The number of hydrogen-bond donors (Lipinski definition) is 1. The minimum atomic E-state index is 0. The number of rotatable bonds is 3. The molecular weight excluding hydrogens is 261 g/mol. The van der Waals surface area contributed by atoms with Crippen molar-refractivity contribution in [1.82, 2.24) is 15.1 Å². The molecule has 0 atom stereocenters. The average Bonchev–Trinajstić information content (AvgIpc) is 2.45. The normalized spacial score (nSPS) is 16.2. The standard InChI is InChI=1S/C11H23N3O.2ClH/c1-10(2)13(3)9-11(15)14-7-4-5-12-6-8-14;;/h10,12H,4-9H2,1-3H3;2*1H.